The van der Waals surface area contributed by atoms with Gasteiger partial charge in [0.1, 0.15) is 5.82 Å². The van der Waals surface area contributed by atoms with Gasteiger partial charge in [-0.05, 0) is 48.9 Å². The summed E-state index contributed by atoms with van der Waals surface area (Å²) in [6.07, 6.45) is 5.06. The number of anilines is 2. The molecule has 0 bridgehead atoms. The van der Waals surface area contributed by atoms with Gasteiger partial charge in [0.25, 0.3) is 0 Å². The van der Waals surface area contributed by atoms with Crippen LogP contribution in [-0.2, 0) is 6.42 Å². The average Bonchev–Trinajstić information content (AvgIpc) is 2.58. The van der Waals surface area contributed by atoms with Gasteiger partial charge in [0.2, 0.25) is 5.95 Å². The van der Waals surface area contributed by atoms with Crippen LogP contribution in [0.15, 0.2) is 30.5 Å². The maximum absolute atomic E-state index is 6.20. The Morgan fingerprint density at radius 1 is 1.21 bits per heavy atom. The average molecular weight is 365 g/mol. The van der Waals surface area contributed by atoms with E-state index in [2.05, 4.69) is 27.1 Å². The molecule has 2 aromatic rings. The van der Waals surface area contributed by atoms with Crippen LogP contribution < -0.4 is 10.2 Å². The molecule has 1 aromatic heterocycles. The van der Waals surface area contributed by atoms with Crippen molar-refractivity contribution in [1.29, 1.82) is 0 Å². The number of nitrogens with zero attached hydrogens (tertiary/aromatic N) is 3. The third-order valence-corrected chi connectivity index (χ3v) is 5.03. The lowest BCUT2D eigenvalue weighted by atomic mass is 9.99. The van der Waals surface area contributed by atoms with E-state index in [1.54, 1.807) is 6.07 Å². The minimum atomic E-state index is 0.656. The van der Waals surface area contributed by atoms with Crippen LogP contribution in [0.3, 0.4) is 0 Å². The third kappa shape index (κ3) is 4.52. The summed E-state index contributed by atoms with van der Waals surface area (Å²) in [7, 11) is 0. The number of rotatable bonds is 5. The summed E-state index contributed by atoms with van der Waals surface area (Å²) in [4.78, 5) is 11.3. The smallest absolute Gasteiger partial charge is 0.224 e. The van der Waals surface area contributed by atoms with Crippen molar-refractivity contribution < 1.29 is 0 Å². The van der Waals surface area contributed by atoms with Crippen LogP contribution in [0, 0.1) is 5.92 Å². The van der Waals surface area contributed by atoms with Gasteiger partial charge in [-0.2, -0.15) is 4.98 Å². The van der Waals surface area contributed by atoms with Crippen molar-refractivity contribution >= 4 is 35.0 Å². The molecule has 3 rings (SSSR count). The summed E-state index contributed by atoms with van der Waals surface area (Å²) >= 11 is 12.1. The molecule has 0 unspecified atom stereocenters. The van der Waals surface area contributed by atoms with Crippen LogP contribution >= 0.6 is 23.2 Å². The molecule has 1 fully saturated rings. The molecule has 1 N–H and O–H groups in total. The molecule has 0 aliphatic carbocycles. The molecule has 4 nitrogen and oxygen atoms in total. The van der Waals surface area contributed by atoms with E-state index in [-0.39, 0.29) is 0 Å². The molecule has 2 heterocycles. The van der Waals surface area contributed by atoms with Crippen LogP contribution in [0.1, 0.15) is 25.3 Å². The highest BCUT2D eigenvalue weighted by Gasteiger charge is 2.17. The third-order valence-electron chi connectivity index (χ3n) is 4.44. The molecular formula is C18H22Cl2N4. The Hall–Kier alpha value is -1.52. The van der Waals surface area contributed by atoms with Crippen LogP contribution in [0.2, 0.25) is 10.0 Å². The molecule has 0 spiro atoms. The number of hydrogen-bond donors (Lipinski definition) is 1. The number of nitrogens with one attached hydrogen (secondary N) is 1. The van der Waals surface area contributed by atoms with E-state index in [0.717, 1.165) is 43.4 Å². The largest absolute Gasteiger partial charge is 0.356 e. The van der Waals surface area contributed by atoms with Crippen LogP contribution in [0.5, 0.6) is 0 Å². The molecular weight excluding hydrogens is 343 g/mol. The summed E-state index contributed by atoms with van der Waals surface area (Å²) in [5.74, 6) is 2.48. The van der Waals surface area contributed by atoms with E-state index >= 15 is 0 Å². The highest BCUT2D eigenvalue weighted by atomic mass is 35.5. The lowest BCUT2D eigenvalue weighted by molar-refractivity contribution is 0.436. The maximum atomic E-state index is 6.20. The molecule has 0 atom stereocenters. The Morgan fingerprint density at radius 3 is 2.75 bits per heavy atom. The minimum absolute atomic E-state index is 0.656. The monoisotopic (exact) mass is 364 g/mol. The van der Waals surface area contributed by atoms with Gasteiger partial charge in [0, 0.05) is 35.9 Å². The predicted molar refractivity (Wildman–Crippen MR) is 101 cm³/mol. The molecule has 1 aromatic carbocycles. The Balaban J connectivity index is 1.56. The van der Waals surface area contributed by atoms with Crippen molar-refractivity contribution in [1.82, 2.24) is 9.97 Å². The van der Waals surface area contributed by atoms with Gasteiger partial charge < -0.3 is 10.2 Å². The molecule has 6 heteroatoms. The molecule has 0 radical (unpaired) electrons. The lowest BCUT2D eigenvalue weighted by Gasteiger charge is -2.31. The van der Waals surface area contributed by atoms with Gasteiger partial charge in [0.05, 0.1) is 0 Å². The Morgan fingerprint density at radius 2 is 2.00 bits per heavy atom. The summed E-state index contributed by atoms with van der Waals surface area (Å²) < 4.78 is 0. The fourth-order valence-corrected chi connectivity index (χ4v) is 3.38. The highest BCUT2D eigenvalue weighted by Crippen LogP contribution is 2.23. The lowest BCUT2D eigenvalue weighted by Crippen LogP contribution is -2.33. The highest BCUT2D eigenvalue weighted by molar-refractivity contribution is 6.35. The van der Waals surface area contributed by atoms with Crippen molar-refractivity contribution in [2.45, 2.75) is 26.2 Å². The van der Waals surface area contributed by atoms with E-state index in [9.17, 15) is 0 Å². The molecule has 1 aliphatic heterocycles. The first-order chi connectivity index (χ1) is 11.6. The van der Waals surface area contributed by atoms with Crippen molar-refractivity contribution in [2.24, 2.45) is 5.92 Å². The van der Waals surface area contributed by atoms with Gasteiger partial charge >= 0.3 is 0 Å². The number of benzene rings is 1. The van der Waals surface area contributed by atoms with E-state index in [1.807, 2.05) is 24.4 Å². The summed E-state index contributed by atoms with van der Waals surface area (Å²) in [5.41, 5.74) is 1.06. The molecule has 0 amide bonds. The van der Waals surface area contributed by atoms with Crippen LogP contribution in [0.25, 0.3) is 0 Å². The number of halogens is 2. The van der Waals surface area contributed by atoms with E-state index < -0.39 is 0 Å². The van der Waals surface area contributed by atoms with Crippen molar-refractivity contribution in [2.75, 3.05) is 29.9 Å². The second kappa shape index (κ2) is 8.04. The summed E-state index contributed by atoms with van der Waals surface area (Å²) in [6, 6.07) is 7.57. The van der Waals surface area contributed by atoms with Gasteiger partial charge in [-0.3, -0.25) is 0 Å². The molecule has 24 heavy (non-hydrogen) atoms. The number of piperidine rings is 1. The maximum Gasteiger partial charge on any atom is 0.224 e. The van der Waals surface area contributed by atoms with Gasteiger partial charge in [-0.25, -0.2) is 4.98 Å². The van der Waals surface area contributed by atoms with Crippen molar-refractivity contribution in [3.05, 3.63) is 46.1 Å². The Labute approximate surface area is 153 Å². The van der Waals surface area contributed by atoms with E-state index in [4.69, 9.17) is 23.2 Å². The molecule has 1 saturated heterocycles. The first-order valence-electron chi connectivity index (χ1n) is 8.37. The van der Waals surface area contributed by atoms with Crippen molar-refractivity contribution in [3.63, 3.8) is 0 Å². The summed E-state index contributed by atoms with van der Waals surface area (Å²) in [5, 5.41) is 4.63. The second-order valence-electron chi connectivity index (χ2n) is 6.32. The fraction of sp³-hybridized carbons (Fsp3) is 0.444. The zero-order valence-electron chi connectivity index (χ0n) is 13.8. The quantitative estimate of drug-likeness (QED) is 0.836. The fourth-order valence-electron chi connectivity index (χ4n) is 2.88. The molecule has 0 saturated carbocycles. The Bertz CT molecular complexity index is 684. The van der Waals surface area contributed by atoms with Gasteiger partial charge in [-0.1, -0.05) is 36.2 Å². The van der Waals surface area contributed by atoms with E-state index in [1.165, 1.54) is 12.8 Å². The first-order valence-corrected chi connectivity index (χ1v) is 9.13. The van der Waals surface area contributed by atoms with E-state index in [0.29, 0.717) is 16.0 Å². The second-order valence-corrected chi connectivity index (χ2v) is 7.16. The predicted octanol–water partition coefficient (Wildman–Crippen LogP) is 4.67. The van der Waals surface area contributed by atoms with Crippen molar-refractivity contribution in [3.8, 4) is 0 Å². The molecule has 128 valence electrons. The SMILES string of the molecule is CC1CCN(c2ccnc(NCCc3ccc(Cl)cc3Cl)n2)CC1. The topological polar surface area (TPSA) is 41.1 Å². The van der Waals surface area contributed by atoms with Crippen LogP contribution in [0.4, 0.5) is 11.8 Å². The van der Waals surface area contributed by atoms with Crippen LogP contribution in [-0.4, -0.2) is 29.6 Å². The summed E-state index contributed by atoms with van der Waals surface area (Å²) in [6.45, 7) is 5.17. The van der Waals surface area contributed by atoms with Gasteiger partial charge in [-0.15, -0.1) is 0 Å². The van der Waals surface area contributed by atoms with Gasteiger partial charge in [0.15, 0.2) is 0 Å². The normalized spacial score (nSPS) is 15.5. The zero-order chi connectivity index (χ0) is 16.9. The number of aromatic nitrogens is 2. The zero-order valence-corrected chi connectivity index (χ0v) is 15.3. The molecule has 1 aliphatic rings. The standard InChI is InChI=1S/C18H22Cl2N4/c1-13-6-10-24(11-7-13)17-5-9-22-18(23-17)21-8-4-14-2-3-15(19)12-16(14)20/h2-3,5,9,12-13H,4,6-8,10-11H2,1H3,(H,21,22,23). The minimum Gasteiger partial charge on any atom is -0.356 e. The Kier molecular flexibility index (Phi) is 5.80. The number of hydrogen-bond acceptors (Lipinski definition) is 4. The first kappa shape index (κ1) is 17.3.